The van der Waals surface area contributed by atoms with E-state index in [4.69, 9.17) is 5.11 Å². The number of sulfonamides is 1. The Morgan fingerprint density at radius 2 is 2.10 bits per heavy atom. The van der Waals surface area contributed by atoms with Crippen LogP contribution in [0.1, 0.15) is 12.8 Å². The van der Waals surface area contributed by atoms with Crippen LogP contribution >= 0.6 is 11.3 Å². The second-order valence-corrected chi connectivity index (χ2v) is 7.88. The number of carbonyl (C=O) groups is 1. The fraction of sp³-hybridized carbons (Fsp3) is 0.385. The van der Waals surface area contributed by atoms with Crippen LogP contribution in [0.3, 0.4) is 0 Å². The molecule has 21 heavy (non-hydrogen) atoms. The zero-order chi connectivity index (χ0) is 15.0. The molecule has 0 atom stereocenters. The summed E-state index contributed by atoms with van der Waals surface area (Å²) in [5, 5.41) is 10.8. The third kappa shape index (κ3) is 2.66. The average Bonchev–Trinajstić information content (AvgIpc) is 2.94. The largest absolute Gasteiger partial charge is 0.481 e. The van der Waals surface area contributed by atoms with Crippen LogP contribution in [0.15, 0.2) is 28.6 Å². The van der Waals surface area contributed by atoms with Crippen molar-refractivity contribution in [2.24, 2.45) is 5.92 Å². The smallest absolute Gasteiger partial charge is 0.306 e. The van der Waals surface area contributed by atoms with Crippen molar-refractivity contribution in [1.82, 2.24) is 9.29 Å². The first kappa shape index (κ1) is 14.4. The zero-order valence-electron chi connectivity index (χ0n) is 11.1. The number of aromatic nitrogens is 1. The summed E-state index contributed by atoms with van der Waals surface area (Å²) in [5.41, 5.74) is 0.781. The number of carboxylic acid groups (broad SMARTS) is 1. The highest BCUT2D eigenvalue weighted by atomic mass is 32.2. The lowest BCUT2D eigenvalue weighted by atomic mass is 9.99. The van der Waals surface area contributed by atoms with Crippen molar-refractivity contribution in [1.29, 1.82) is 0 Å². The maximum Gasteiger partial charge on any atom is 0.306 e. The number of hydrogen-bond acceptors (Lipinski definition) is 5. The second-order valence-electron chi connectivity index (χ2n) is 4.99. The second kappa shape index (κ2) is 5.36. The highest BCUT2D eigenvalue weighted by molar-refractivity contribution is 7.89. The molecule has 0 aromatic carbocycles. The van der Waals surface area contributed by atoms with Crippen molar-refractivity contribution in [3.05, 3.63) is 23.7 Å². The predicted molar refractivity (Wildman–Crippen MR) is 78.7 cm³/mol. The molecule has 0 saturated carbocycles. The van der Waals surface area contributed by atoms with E-state index in [0.717, 1.165) is 10.2 Å². The van der Waals surface area contributed by atoms with Crippen LogP contribution < -0.4 is 0 Å². The quantitative estimate of drug-likeness (QED) is 0.929. The van der Waals surface area contributed by atoms with Gasteiger partial charge in [0.15, 0.2) is 0 Å². The van der Waals surface area contributed by atoms with Crippen LogP contribution in [0.2, 0.25) is 0 Å². The van der Waals surface area contributed by atoms with Gasteiger partial charge in [-0.15, -0.1) is 11.3 Å². The van der Waals surface area contributed by atoms with E-state index in [2.05, 4.69) is 4.98 Å². The van der Waals surface area contributed by atoms with Gasteiger partial charge in [-0.3, -0.25) is 9.78 Å². The van der Waals surface area contributed by atoms with Crippen LogP contribution in [-0.2, 0) is 14.8 Å². The molecular weight excluding hydrogens is 312 g/mol. The minimum Gasteiger partial charge on any atom is -0.481 e. The molecule has 1 N–H and O–H groups in total. The van der Waals surface area contributed by atoms with Crippen molar-refractivity contribution in [2.45, 2.75) is 17.7 Å². The van der Waals surface area contributed by atoms with Gasteiger partial charge in [-0.25, -0.2) is 8.42 Å². The molecule has 0 spiro atoms. The molecule has 1 aliphatic heterocycles. The molecule has 0 unspecified atom stereocenters. The Labute approximate surface area is 126 Å². The normalized spacial score (nSPS) is 18.1. The highest BCUT2D eigenvalue weighted by Gasteiger charge is 2.32. The van der Waals surface area contributed by atoms with E-state index in [0.29, 0.717) is 12.8 Å². The van der Waals surface area contributed by atoms with E-state index < -0.39 is 21.9 Å². The summed E-state index contributed by atoms with van der Waals surface area (Å²) in [5.74, 6) is -1.30. The number of carboxylic acids is 1. The van der Waals surface area contributed by atoms with Gasteiger partial charge < -0.3 is 5.11 Å². The molecular formula is C13H14N2O4S2. The molecule has 6 nitrogen and oxygen atoms in total. The number of piperidine rings is 1. The third-order valence-electron chi connectivity index (χ3n) is 3.72. The van der Waals surface area contributed by atoms with Gasteiger partial charge in [-0.2, -0.15) is 4.31 Å². The van der Waals surface area contributed by atoms with Gasteiger partial charge in [0.2, 0.25) is 10.0 Å². The number of fused-ring (bicyclic) bond motifs is 1. The predicted octanol–water partition coefficient (Wildman–Crippen LogP) is 1.78. The fourth-order valence-corrected chi connectivity index (χ4v) is 4.76. The number of nitrogens with zero attached hydrogens (tertiary/aromatic N) is 2. The van der Waals surface area contributed by atoms with Gasteiger partial charge in [0, 0.05) is 19.3 Å². The first-order chi connectivity index (χ1) is 9.98. The van der Waals surface area contributed by atoms with Gasteiger partial charge in [0.25, 0.3) is 0 Å². The number of thiophene rings is 1. The Morgan fingerprint density at radius 1 is 1.38 bits per heavy atom. The number of rotatable bonds is 3. The lowest BCUT2D eigenvalue weighted by molar-refractivity contribution is -0.142. The van der Waals surface area contributed by atoms with E-state index in [9.17, 15) is 13.2 Å². The Morgan fingerprint density at radius 3 is 2.76 bits per heavy atom. The SMILES string of the molecule is O=C(O)C1CCN(S(=O)(=O)c2cnc3ccsc3c2)CC1. The maximum atomic E-state index is 12.6. The van der Waals surface area contributed by atoms with Crippen molar-refractivity contribution in [3.63, 3.8) is 0 Å². The Kier molecular flexibility index (Phi) is 3.68. The molecule has 2 aromatic rings. The molecule has 0 aliphatic carbocycles. The van der Waals surface area contributed by atoms with Gasteiger partial charge in [0.1, 0.15) is 4.90 Å². The lowest BCUT2D eigenvalue weighted by Crippen LogP contribution is -2.40. The molecule has 3 rings (SSSR count). The Hall–Kier alpha value is -1.51. The standard InChI is InChI=1S/C13H14N2O4S2/c16-13(17)9-1-4-15(5-2-9)21(18,19)10-7-12-11(14-8-10)3-6-20-12/h3,6-9H,1-2,4-5H2,(H,16,17). The molecule has 8 heteroatoms. The average molecular weight is 326 g/mol. The van der Waals surface area contributed by atoms with Gasteiger partial charge in [-0.05, 0) is 30.4 Å². The minimum absolute atomic E-state index is 0.172. The summed E-state index contributed by atoms with van der Waals surface area (Å²) in [4.78, 5) is 15.2. The molecule has 1 saturated heterocycles. The van der Waals surface area contributed by atoms with Crippen molar-refractivity contribution < 1.29 is 18.3 Å². The monoisotopic (exact) mass is 326 g/mol. The summed E-state index contributed by atoms with van der Waals surface area (Å²) in [7, 11) is -3.60. The summed E-state index contributed by atoms with van der Waals surface area (Å²) in [6.07, 6.45) is 2.07. The van der Waals surface area contributed by atoms with Crippen LogP contribution in [0.25, 0.3) is 10.2 Å². The molecule has 2 aromatic heterocycles. The van der Waals surface area contributed by atoms with Crippen LogP contribution in [0, 0.1) is 5.92 Å². The van der Waals surface area contributed by atoms with Crippen molar-refractivity contribution in [2.75, 3.05) is 13.1 Å². The maximum absolute atomic E-state index is 12.6. The molecule has 0 amide bonds. The minimum atomic E-state index is -3.60. The van der Waals surface area contributed by atoms with Crippen molar-refractivity contribution in [3.8, 4) is 0 Å². The Balaban J connectivity index is 1.85. The lowest BCUT2D eigenvalue weighted by Gasteiger charge is -2.29. The van der Waals surface area contributed by atoms with E-state index in [1.54, 1.807) is 6.07 Å². The van der Waals surface area contributed by atoms with E-state index >= 15 is 0 Å². The number of hydrogen-bond donors (Lipinski definition) is 1. The summed E-state index contributed by atoms with van der Waals surface area (Å²) >= 11 is 1.45. The third-order valence-corrected chi connectivity index (χ3v) is 6.44. The first-order valence-electron chi connectivity index (χ1n) is 6.55. The van der Waals surface area contributed by atoms with Gasteiger partial charge >= 0.3 is 5.97 Å². The summed E-state index contributed by atoms with van der Waals surface area (Å²) in [6.45, 7) is 0.476. The molecule has 0 bridgehead atoms. The van der Waals surface area contributed by atoms with Crippen molar-refractivity contribution >= 4 is 37.5 Å². The first-order valence-corrected chi connectivity index (χ1v) is 8.86. The number of aliphatic carboxylic acids is 1. The van der Waals surface area contributed by atoms with E-state index in [1.807, 2.05) is 11.4 Å². The zero-order valence-corrected chi connectivity index (χ0v) is 12.7. The number of pyridine rings is 1. The van der Waals surface area contributed by atoms with Gasteiger partial charge in [-0.1, -0.05) is 0 Å². The molecule has 112 valence electrons. The Bertz CT molecular complexity index is 776. The fourth-order valence-electron chi connectivity index (χ4n) is 2.46. The topological polar surface area (TPSA) is 87.6 Å². The summed E-state index contributed by atoms with van der Waals surface area (Å²) < 4.78 is 27.3. The molecule has 0 radical (unpaired) electrons. The van der Waals surface area contributed by atoms with E-state index in [-0.39, 0.29) is 18.0 Å². The van der Waals surface area contributed by atoms with E-state index in [1.165, 1.54) is 21.8 Å². The van der Waals surface area contributed by atoms with Crippen LogP contribution in [0.5, 0.6) is 0 Å². The molecule has 3 heterocycles. The van der Waals surface area contributed by atoms with Crippen LogP contribution in [0.4, 0.5) is 0 Å². The van der Waals surface area contributed by atoms with Crippen LogP contribution in [-0.4, -0.2) is 41.9 Å². The summed E-state index contributed by atoms with van der Waals surface area (Å²) in [6, 6.07) is 3.47. The molecule has 1 aliphatic rings. The highest BCUT2D eigenvalue weighted by Crippen LogP contribution is 2.27. The molecule has 1 fully saturated rings. The van der Waals surface area contributed by atoms with Gasteiger partial charge in [0.05, 0.1) is 16.1 Å².